The predicted molar refractivity (Wildman–Crippen MR) is 194 cm³/mol. The molecule has 0 amide bonds. The molecular weight excluding hydrogens is 834 g/mol. The summed E-state index contributed by atoms with van der Waals surface area (Å²) in [6, 6.07) is 1.81. The third kappa shape index (κ3) is 13.3. The molecule has 302 valence electrons. The molecule has 0 bridgehead atoms. The Morgan fingerprint density at radius 2 is 0.909 bits per heavy atom. The Balaban J connectivity index is 0.000000399. The van der Waals surface area contributed by atoms with Gasteiger partial charge in [-0.05, 0) is 118 Å². The summed E-state index contributed by atoms with van der Waals surface area (Å²) in [5, 5.41) is 8.89. The molecular formula is C32H47B3BrF6KN4O8. The van der Waals surface area contributed by atoms with Crippen LogP contribution in [0.3, 0.4) is 0 Å². The van der Waals surface area contributed by atoms with Crippen LogP contribution in [0.4, 0.5) is 38.0 Å². The van der Waals surface area contributed by atoms with Crippen molar-refractivity contribution in [2.45, 2.75) is 136 Å². The second-order valence-corrected chi connectivity index (χ2v) is 16.5. The third-order valence-corrected chi connectivity index (χ3v) is 10.2. The number of carboxylic acid groups (broad SMARTS) is 1. The minimum Gasteiger partial charge on any atom is -0.550 e. The molecule has 0 radical (unpaired) electrons. The zero-order valence-electron chi connectivity index (χ0n) is 33.5. The van der Waals surface area contributed by atoms with Crippen molar-refractivity contribution in [1.82, 2.24) is 9.97 Å². The first-order valence-corrected chi connectivity index (χ1v) is 17.3. The molecule has 0 aromatic carbocycles. The maximum Gasteiger partial charge on any atom is 1.00 e. The van der Waals surface area contributed by atoms with Crippen LogP contribution in [0, 0.1) is 0 Å². The molecule has 55 heavy (non-hydrogen) atoms. The van der Waals surface area contributed by atoms with E-state index < -0.39 is 73.4 Å². The molecule has 3 aliphatic rings. The predicted octanol–water partition coefficient (Wildman–Crippen LogP) is 2.44. The zero-order valence-corrected chi connectivity index (χ0v) is 38.2. The molecule has 4 N–H and O–H groups in total. The number of aliphatic carboxylic acids is 1. The van der Waals surface area contributed by atoms with E-state index in [-0.39, 0.29) is 83.7 Å². The van der Waals surface area contributed by atoms with Crippen molar-refractivity contribution in [3.63, 3.8) is 0 Å². The van der Waals surface area contributed by atoms with Crippen LogP contribution in [0.1, 0.15) is 101 Å². The molecule has 3 saturated heterocycles. The first-order chi connectivity index (χ1) is 24.0. The number of nitrogen functional groups attached to an aromatic ring is 2. The summed E-state index contributed by atoms with van der Waals surface area (Å²) in [6.07, 6.45) is -6.55. The number of carbonyl (C=O) groups excluding carboxylic acids is 1. The van der Waals surface area contributed by atoms with Gasteiger partial charge in [0.15, 0.2) is 0 Å². The second-order valence-electron chi connectivity index (χ2n) is 15.6. The number of aromatic nitrogens is 2. The summed E-state index contributed by atoms with van der Waals surface area (Å²) in [5.74, 6) is -2.15. The van der Waals surface area contributed by atoms with Crippen molar-refractivity contribution in [3.05, 3.63) is 40.1 Å². The van der Waals surface area contributed by atoms with E-state index in [1.165, 1.54) is 12.4 Å². The molecule has 3 aliphatic heterocycles. The van der Waals surface area contributed by atoms with Crippen molar-refractivity contribution >= 4 is 60.1 Å². The van der Waals surface area contributed by atoms with Crippen LogP contribution >= 0.6 is 15.9 Å². The number of anilines is 2. The van der Waals surface area contributed by atoms with Crippen molar-refractivity contribution in [3.8, 4) is 0 Å². The number of alkyl halides is 6. The van der Waals surface area contributed by atoms with Gasteiger partial charge in [-0.2, -0.15) is 26.3 Å². The Bertz CT molecular complexity index is 1570. The monoisotopic (exact) mass is 880 g/mol. The van der Waals surface area contributed by atoms with Crippen LogP contribution < -0.4 is 73.4 Å². The largest absolute Gasteiger partial charge is 1.00 e. The molecule has 23 heteroatoms. The van der Waals surface area contributed by atoms with Crippen molar-refractivity contribution in [2.75, 3.05) is 11.5 Å². The van der Waals surface area contributed by atoms with E-state index in [1.54, 1.807) is 0 Å². The molecule has 12 nitrogen and oxygen atoms in total. The number of pyridine rings is 2. The van der Waals surface area contributed by atoms with E-state index in [4.69, 9.17) is 49.3 Å². The molecule has 0 atom stereocenters. The van der Waals surface area contributed by atoms with Crippen LogP contribution in [-0.2, 0) is 45.1 Å². The van der Waals surface area contributed by atoms with Crippen molar-refractivity contribution < 1.29 is 116 Å². The van der Waals surface area contributed by atoms with Crippen LogP contribution in [0.25, 0.3) is 0 Å². The molecule has 3 fully saturated rings. The first kappa shape index (κ1) is 52.0. The summed E-state index contributed by atoms with van der Waals surface area (Å²) in [4.78, 5) is 15.8. The van der Waals surface area contributed by atoms with Gasteiger partial charge in [-0.1, -0.05) is 0 Å². The number of nitrogens with two attached hydrogens (primary N) is 2. The molecule has 2 aromatic heterocycles. The number of rotatable bonds is 2. The molecule has 0 aliphatic carbocycles. The van der Waals surface area contributed by atoms with Gasteiger partial charge in [-0.25, -0.2) is 9.97 Å². The summed E-state index contributed by atoms with van der Waals surface area (Å²) in [7, 11) is -1.85. The number of halogens is 7. The number of carboxylic acids is 1. The maximum atomic E-state index is 12.8. The van der Waals surface area contributed by atoms with Gasteiger partial charge < -0.3 is 49.3 Å². The van der Waals surface area contributed by atoms with Gasteiger partial charge in [0.05, 0.1) is 44.7 Å². The Kier molecular flexibility index (Phi) is 17.1. The summed E-state index contributed by atoms with van der Waals surface area (Å²) >= 11 is 2.87. The second kappa shape index (κ2) is 18.1. The minimum atomic E-state index is -4.56. The standard InChI is InChI=1S/C12H24B2O4.C12H16BF3N2O2.C6H4BrF3N2.C2H4O2.K/c1-9(2)10(3,4)16-13(15-9)14-17-11(5,6)12(7,8)18-14;1-10(2)11(3,4)20-13(19-10)7-5-8(12(14,15)16)9(17)18-6-7;7-3-1-4(6(8,9)10)5(11)12-2-3;1-2(3)4;/h1-8H3;5-6H,1-4H3,(H2,17,18);1-2H,(H2,11,12);1H3,(H,3,4);/q;;;;+1/p-1. The van der Waals surface area contributed by atoms with Gasteiger partial charge >= 0.3 is 84.9 Å². The van der Waals surface area contributed by atoms with Gasteiger partial charge in [0, 0.05) is 28.3 Å². The topological polar surface area (TPSA) is 173 Å². The smallest absolute Gasteiger partial charge is 0.550 e. The van der Waals surface area contributed by atoms with Gasteiger partial charge in [-0.15, -0.1) is 0 Å². The van der Waals surface area contributed by atoms with E-state index in [2.05, 4.69) is 25.9 Å². The summed E-state index contributed by atoms with van der Waals surface area (Å²) < 4.78 is 110. The summed E-state index contributed by atoms with van der Waals surface area (Å²) in [6.45, 7) is 24.5. The number of nitrogens with zero attached hydrogens (tertiary/aromatic N) is 2. The Hall–Kier alpha value is -0.979. The van der Waals surface area contributed by atoms with Crippen molar-refractivity contribution in [1.29, 1.82) is 0 Å². The fourth-order valence-electron chi connectivity index (χ4n) is 4.50. The molecule has 0 unspecified atom stereocenters. The Labute approximate surface area is 370 Å². The number of hydrogen-bond donors (Lipinski definition) is 2. The molecule has 5 heterocycles. The van der Waals surface area contributed by atoms with Gasteiger partial charge in [-0.3, -0.25) is 0 Å². The van der Waals surface area contributed by atoms with E-state index in [0.29, 0.717) is 0 Å². The average Bonchev–Trinajstić information content (AvgIpc) is 3.42. The quantitative estimate of drug-likeness (QED) is 0.334. The SMILES string of the molecule is CC(=O)[O-].CC1(C)OB(B2OC(C)(C)C(C)(C)O2)OC1(C)C.CC1(C)OB(c2cnc(N)c(C(F)(F)F)c2)OC1(C)C.Nc1ncc(Br)cc1C(F)(F)F.[K+]. The fraction of sp³-hybridized carbons (Fsp3) is 0.656. The minimum absolute atomic E-state index is 0. The van der Waals surface area contributed by atoms with Crippen LogP contribution in [0.2, 0.25) is 0 Å². The molecule has 2 aromatic rings. The van der Waals surface area contributed by atoms with Gasteiger partial charge in [0.1, 0.15) is 11.6 Å². The summed E-state index contributed by atoms with van der Waals surface area (Å²) in [5.41, 5.74) is 5.90. The Morgan fingerprint density at radius 1 is 0.636 bits per heavy atom. The van der Waals surface area contributed by atoms with Crippen molar-refractivity contribution in [2.24, 2.45) is 0 Å². The van der Waals surface area contributed by atoms with E-state index >= 15 is 0 Å². The van der Waals surface area contributed by atoms with E-state index in [0.717, 1.165) is 19.1 Å². The average molecular weight is 881 g/mol. The molecule has 5 rings (SSSR count). The number of hydrogen-bond acceptors (Lipinski definition) is 12. The van der Waals surface area contributed by atoms with Crippen LogP contribution in [-0.4, -0.2) is 70.7 Å². The molecule has 0 saturated carbocycles. The normalized spacial score (nSPS) is 21.2. The fourth-order valence-corrected chi connectivity index (χ4v) is 4.83. The third-order valence-electron chi connectivity index (χ3n) is 9.73. The molecule has 0 spiro atoms. The van der Waals surface area contributed by atoms with Gasteiger partial charge in [0.25, 0.3) is 0 Å². The number of carbonyl (C=O) groups is 1. The Morgan fingerprint density at radius 3 is 1.20 bits per heavy atom. The van der Waals surface area contributed by atoms with Crippen LogP contribution in [0.15, 0.2) is 29.0 Å². The maximum absolute atomic E-state index is 12.8. The first-order valence-electron chi connectivity index (χ1n) is 16.5. The van der Waals surface area contributed by atoms with Crippen LogP contribution in [0.5, 0.6) is 0 Å². The van der Waals surface area contributed by atoms with E-state index in [9.17, 15) is 26.3 Å². The van der Waals surface area contributed by atoms with E-state index in [1.807, 2.05) is 83.1 Å². The van der Waals surface area contributed by atoms with Gasteiger partial charge in [0.2, 0.25) is 0 Å². The zero-order chi connectivity index (χ0) is 42.3.